The number of aliphatic carboxylic acids is 1. The summed E-state index contributed by atoms with van der Waals surface area (Å²) in [6, 6.07) is 7.85. The molecular formula is C13H16O2. The van der Waals surface area contributed by atoms with Gasteiger partial charge >= 0.3 is 5.97 Å². The van der Waals surface area contributed by atoms with Gasteiger partial charge in [0.05, 0.1) is 5.92 Å². The maximum Gasteiger partial charge on any atom is 0.310 e. The molecule has 1 saturated carbocycles. The van der Waals surface area contributed by atoms with Crippen molar-refractivity contribution in [2.24, 2.45) is 5.92 Å². The minimum absolute atomic E-state index is 0.308. The van der Waals surface area contributed by atoms with Crippen molar-refractivity contribution in [1.29, 1.82) is 0 Å². The Bertz CT molecular complexity index is 367. The quantitative estimate of drug-likeness (QED) is 0.818. The monoisotopic (exact) mass is 204 g/mol. The van der Waals surface area contributed by atoms with Crippen LogP contribution in [0.15, 0.2) is 24.3 Å². The molecule has 1 aliphatic rings. The molecule has 0 aliphatic heterocycles. The Morgan fingerprint density at radius 2 is 2.27 bits per heavy atom. The molecule has 1 unspecified atom stereocenters. The van der Waals surface area contributed by atoms with Crippen molar-refractivity contribution in [3.63, 3.8) is 0 Å². The van der Waals surface area contributed by atoms with Crippen LogP contribution in [0.2, 0.25) is 0 Å². The van der Waals surface area contributed by atoms with Gasteiger partial charge in [-0.2, -0.15) is 0 Å². The van der Waals surface area contributed by atoms with Crippen LogP contribution in [0.4, 0.5) is 0 Å². The summed E-state index contributed by atoms with van der Waals surface area (Å²) in [6.45, 7) is 2.00. The summed E-state index contributed by atoms with van der Waals surface area (Å²) in [4.78, 5) is 11.2. The molecule has 1 fully saturated rings. The maximum absolute atomic E-state index is 11.2. The first-order valence-corrected chi connectivity index (χ1v) is 5.46. The number of carbonyl (C=O) groups is 1. The fourth-order valence-corrected chi connectivity index (χ4v) is 1.95. The topological polar surface area (TPSA) is 37.3 Å². The number of carboxylic acids is 1. The van der Waals surface area contributed by atoms with Crippen LogP contribution in [0.1, 0.15) is 36.3 Å². The molecule has 1 aromatic carbocycles. The summed E-state index contributed by atoms with van der Waals surface area (Å²) in [5.41, 5.74) is 2.09. The van der Waals surface area contributed by atoms with Crippen molar-refractivity contribution in [3.8, 4) is 0 Å². The highest BCUT2D eigenvalue weighted by molar-refractivity contribution is 5.76. The van der Waals surface area contributed by atoms with Crippen molar-refractivity contribution in [1.82, 2.24) is 0 Å². The summed E-state index contributed by atoms with van der Waals surface area (Å²) in [5, 5.41) is 9.19. The number of carboxylic acid groups (broad SMARTS) is 1. The van der Waals surface area contributed by atoms with Crippen LogP contribution >= 0.6 is 0 Å². The second kappa shape index (κ2) is 4.05. The summed E-state index contributed by atoms with van der Waals surface area (Å²) >= 11 is 0. The number of hydrogen-bond donors (Lipinski definition) is 1. The zero-order valence-electron chi connectivity index (χ0n) is 8.94. The fourth-order valence-electron chi connectivity index (χ4n) is 1.95. The predicted molar refractivity (Wildman–Crippen MR) is 58.9 cm³/mol. The lowest BCUT2D eigenvalue weighted by molar-refractivity contribution is -0.139. The van der Waals surface area contributed by atoms with Crippen molar-refractivity contribution < 1.29 is 9.90 Å². The van der Waals surface area contributed by atoms with Gasteiger partial charge in [0, 0.05) is 0 Å². The first-order chi connectivity index (χ1) is 7.16. The molecule has 15 heavy (non-hydrogen) atoms. The SMILES string of the molecule is Cc1cccc(C(CC2CC2)C(=O)O)c1. The van der Waals surface area contributed by atoms with E-state index in [1.807, 2.05) is 31.2 Å². The average molecular weight is 204 g/mol. The third kappa shape index (κ3) is 2.58. The van der Waals surface area contributed by atoms with Gasteiger partial charge in [-0.05, 0) is 24.8 Å². The summed E-state index contributed by atoms with van der Waals surface area (Å²) in [6.07, 6.45) is 3.21. The molecule has 0 bridgehead atoms. The van der Waals surface area contributed by atoms with Crippen LogP contribution in [-0.4, -0.2) is 11.1 Å². The van der Waals surface area contributed by atoms with E-state index in [4.69, 9.17) is 0 Å². The molecule has 1 aromatic rings. The van der Waals surface area contributed by atoms with Gasteiger partial charge in [-0.15, -0.1) is 0 Å². The van der Waals surface area contributed by atoms with Crippen molar-refractivity contribution in [3.05, 3.63) is 35.4 Å². The second-order valence-corrected chi connectivity index (χ2v) is 4.48. The number of benzene rings is 1. The van der Waals surface area contributed by atoms with Crippen LogP contribution in [0.3, 0.4) is 0 Å². The number of rotatable bonds is 4. The van der Waals surface area contributed by atoms with Crippen molar-refractivity contribution in [2.45, 2.75) is 32.1 Å². The van der Waals surface area contributed by atoms with Gasteiger partial charge in [-0.3, -0.25) is 4.79 Å². The molecule has 0 radical (unpaired) electrons. The van der Waals surface area contributed by atoms with Crippen molar-refractivity contribution in [2.75, 3.05) is 0 Å². The first kappa shape index (κ1) is 10.2. The lowest BCUT2D eigenvalue weighted by atomic mass is 9.92. The lowest BCUT2D eigenvalue weighted by Crippen LogP contribution is -2.12. The molecule has 80 valence electrons. The van der Waals surface area contributed by atoms with Crippen LogP contribution < -0.4 is 0 Å². The third-order valence-corrected chi connectivity index (χ3v) is 3.01. The van der Waals surface area contributed by atoms with E-state index in [0.29, 0.717) is 5.92 Å². The van der Waals surface area contributed by atoms with Gasteiger partial charge < -0.3 is 5.11 Å². The molecule has 0 amide bonds. The zero-order valence-corrected chi connectivity index (χ0v) is 8.94. The Hall–Kier alpha value is -1.31. The van der Waals surface area contributed by atoms with E-state index >= 15 is 0 Å². The maximum atomic E-state index is 11.2. The fraction of sp³-hybridized carbons (Fsp3) is 0.462. The van der Waals surface area contributed by atoms with Crippen molar-refractivity contribution >= 4 is 5.97 Å². The number of hydrogen-bond acceptors (Lipinski definition) is 1. The van der Waals surface area contributed by atoms with Gasteiger partial charge in [-0.1, -0.05) is 42.7 Å². The Balaban J connectivity index is 2.18. The first-order valence-electron chi connectivity index (χ1n) is 5.46. The van der Waals surface area contributed by atoms with E-state index in [1.165, 1.54) is 12.8 Å². The van der Waals surface area contributed by atoms with Gasteiger partial charge in [0.25, 0.3) is 0 Å². The third-order valence-electron chi connectivity index (χ3n) is 3.01. The van der Waals surface area contributed by atoms with Crippen LogP contribution in [0.5, 0.6) is 0 Å². The predicted octanol–water partition coefficient (Wildman–Crippen LogP) is 2.96. The molecule has 2 heteroatoms. The Morgan fingerprint density at radius 3 is 2.80 bits per heavy atom. The summed E-state index contributed by atoms with van der Waals surface area (Å²) < 4.78 is 0. The standard InChI is InChI=1S/C13H16O2/c1-9-3-2-4-11(7-9)12(13(14)15)8-10-5-6-10/h2-4,7,10,12H,5-6,8H2,1H3,(H,14,15). The van der Waals surface area contributed by atoms with E-state index in [-0.39, 0.29) is 5.92 Å². The Labute approximate surface area is 89.9 Å². The molecule has 1 aliphatic carbocycles. The zero-order chi connectivity index (χ0) is 10.8. The van der Waals surface area contributed by atoms with Gasteiger partial charge in [-0.25, -0.2) is 0 Å². The molecule has 0 saturated heterocycles. The highest BCUT2D eigenvalue weighted by Crippen LogP contribution is 2.38. The summed E-state index contributed by atoms with van der Waals surface area (Å²) in [5.74, 6) is -0.350. The van der Waals surface area contributed by atoms with Gasteiger partial charge in [0.2, 0.25) is 0 Å². The van der Waals surface area contributed by atoms with Crippen LogP contribution in [0.25, 0.3) is 0 Å². The van der Waals surface area contributed by atoms with Crippen LogP contribution in [0, 0.1) is 12.8 Å². The van der Waals surface area contributed by atoms with Gasteiger partial charge in [0.1, 0.15) is 0 Å². The second-order valence-electron chi connectivity index (χ2n) is 4.48. The average Bonchev–Trinajstić information content (AvgIpc) is 2.97. The number of aryl methyl sites for hydroxylation is 1. The van der Waals surface area contributed by atoms with E-state index < -0.39 is 5.97 Å². The van der Waals surface area contributed by atoms with E-state index in [9.17, 15) is 9.90 Å². The molecule has 1 N–H and O–H groups in total. The highest BCUT2D eigenvalue weighted by atomic mass is 16.4. The Kier molecular flexibility index (Phi) is 2.76. The molecule has 2 rings (SSSR count). The smallest absolute Gasteiger partial charge is 0.310 e. The molecule has 0 aromatic heterocycles. The minimum Gasteiger partial charge on any atom is -0.481 e. The molecular weight excluding hydrogens is 188 g/mol. The molecule has 2 nitrogen and oxygen atoms in total. The Morgan fingerprint density at radius 1 is 1.53 bits per heavy atom. The largest absolute Gasteiger partial charge is 0.481 e. The molecule has 0 heterocycles. The summed E-state index contributed by atoms with van der Waals surface area (Å²) in [7, 11) is 0. The highest BCUT2D eigenvalue weighted by Gasteiger charge is 2.30. The van der Waals surface area contributed by atoms with Gasteiger partial charge in [0.15, 0.2) is 0 Å². The van der Waals surface area contributed by atoms with E-state index in [1.54, 1.807) is 0 Å². The minimum atomic E-state index is -0.687. The van der Waals surface area contributed by atoms with Crippen LogP contribution in [-0.2, 0) is 4.79 Å². The molecule has 0 spiro atoms. The van der Waals surface area contributed by atoms with E-state index in [0.717, 1.165) is 17.5 Å². The van der Waals surface area contributed by atoms with E-state index in [2.05, 4.69) is 0 Å². The lowest BCUT2D eigenvalue weighted by Gasteiger charge is -2.12. The molecule has 1 atom stereocenters. The normalized spacial score (nSPS) is 17.4.